The zero-order valence-corrected chi connectivity index (χ0v) is 14.1. The lowest BCUT2D eigenvalue weighted by Gasteiger charge is -2.14. The van der Waals surface area contributed by atoms with Crippen LogP contribution in [0, 0.1) is 11.6 Å². The second-order valence-corrected chi connectivity index (χ2v) is 5.32. The molecule has 0 fully saturated rings. The summed E-state index contributed by atoms with van der Waals surface area (Å²) in [6.07, 6.45) is 0.259. The zero-order chi connectivity index (χ0) is 18.9. The van der Waals surface area contributed by atoms with Crippen LogP contribution in [-0.2, 0) is 13.0 Å². The summed E-state index contributed by atoms with van der Waals surface area (Å²) in [7, 11) is 1.54. The van der Waals surface area contributed by atoms with Crippen molar-refractivity contribution in [2.75, 3.05) is 13.6 Å². The maximum absolute atomic E-state index is 13.6. The molecule has 0 aliphatic carbocycles. The lowest BCUT2D eigenvalue weighted by Crippen LogP contribution is -2.38. The van der Waals surface area contributed by atoms with Crippen LogP contribution in [0.15, 0.2) is 47.5 Å². The van der Waals surface area contributed by atoms with E-state index in [0.29, 0.717) is 18.1 Å². The normalized spacial score (nSPS) is 11.5. The highest BCUT2D eigenvalue weighted by atomic mass is 19.3. The number of benzene rings is 2. The fraction of sp³-hybridized carbons (Fsp3) is 0.278. The van der Waals surface area contributed by atoms with E-state index in [2.05, 4.69) is 20.4 Å². The van der Waals surface area contributed by atoms with Gasteiger partial charge in [0.25, 0.3) is 0 Å². The van der Waals surface area contributed by atoms with Crippen LogP contribution in [0.2, 0.25) is 0 Å². The van der Waals surface area contributed by atoms with E-state index in [4.69, 9.17) is 0 Å². The minimum atomic E-state index is -2.91. The molecular weight excluding hydrogens is 350 g/mol. The van der Waals surface area contributed by atoms with Crippen LogP contribution in [-0.4, -0.2) is 26.2 Å². The second kappa shape index (κ2) is 9.65. The van der Waals surface area contributed by atoms with E-state index in [0.717, 1.165) is 18.2 Å². The van der Waals surface area contributed by atoms with Gasteiger partial charge in [-0.15, -0.1) is 0 Å². The van der Waals surface area contributed by atoms with E-state index in [1.807, 2.05) is 0 Å². The molecule has 0 aromatic heterocycles. The lowest BCUT2D eigenvalue weighted by atomic mass is 10.1. The molecule has 0 saturated heterocycles. The number of rotatable bonds is 7. The van der Waals surface area contributed by atoms with Crippen LogP contribution < -0.4 is 15.4 Å². The van der Waals surface area contributed by atoms with Gasteiger partial charge in [-0.3, -0.25) is 4.99 Å². The summed E-state index contributed by atoms with van der Waals surface area (Å²) in [6.45, 7) is -2.39. The average molecular weight is 369 g/mol. The minimum Gasteiger partial charge on any atom is -0.434 e. The molecule has 0 bridgehead atoms. The number of nitrogens with one attached hydrogen (secondary N) is 2. The first-order valence-corrected chi connectivity index (χ1v) is 7.90. The summed E-state index contributed by atoms with van der Waals surface area (Å²) < 4.78 is 56.0. The molecule has 2 rings (SSSR count). The van der Waals surface area contributed by atoms with Gasteiger partial charge in [-0.1, -0.05) is 18.2 Å². The van der Waals surface area contributed by atoms with Crippen LogP contribution in [0.5, 0.6) is 5.75 Å². The molecule has 0 amide bonds. The Labute approximate surface area is 148 Å². The summed E-state index contributed by atoms with van der Waals surface area (Å²) in [5.41, 5.74) is 0.788. The average Bonchev–Trinajstić information content (AvgIpc) is 2.61. The number of para-hydroxylation sites is 1. The molecule has 140 valence electrons. The molecule has 2 N–H and O–H groups in total. The molecule has 2 aromatic carbocycles. The molecule has 0 spiro atoms. The smallest absolute Gasteiger partial charge is 0.387 e. The van der Waals surface area contributed by atoms with E-state index in [-0.39, 0.29) is 24.3 Å². The first-order chi connectivity index (χ1) is 12.5. The Morgan fingerprint density at radius 2 is 1.85 bits per heavy atom. The predicted octanol–water partition coefficient (Wildman–Crippen LogP) is 3.47. The number of hydrogen-bond acceptors (Lipinski definition) is 2. The highest BCUT2D eigenvalue weighted by Gasteiger charge is 2.10. The quantitative estimate of drug-likeness (QED) is 0.446. The van der Waals surface area contributed by atoms with Crippen molar-refractivity contribution in [3.63, 3.8) is 0 Å². The Morgan fingerprint density at radius 3 is 2.58 bits per heavy atom. The van der Waals surface area contributed by atoms with Crippen LogP contribution in [0.4, 0.5) is 17.6 Å². The topological polar surface area (TPSA) is 45.7 Å². The zero-order valence-electron chi connectivity index (χ0n) is 14.1. The summed E-state index contributed by atoms with van der Waals surface area (Å²) in [4.78, 5) is 4.00. The van der Waals surface area contributed by atoms with Gasteiger partial charge in [0.2, 0.25) is 0 Å². The standard InChI is InChI=1S/C18H19F4N3O/c1-23-18(24-9-8-12-10-14(19)6-7-15(12)20)25-11-13-4-2-3-5-16(13)26-17(21)22/h2-7,10,17H,8-9,11H2,1H3,(H2,23,24,25). The third-order valence-electron chi connectivity index (χ3n) is 3.55. The molecule has 0 radical (unpaired) electrons. The van der Waals surface area contributed by atoms with Crippen LogP contribution >= 0.6 is 0 Å². The van der Waals surface area contributed by atoms with Crippen LogP contribution in [0.1, 0.15) is 11.1 Å². The van der Waals surface area contributed by atoms with Gasteiger partial charge in [-0.05, 0) is 36.2 Å². The Kier molecular flexibility index (Phi) is 7.25. The van der Waals surface area contributed by atoms with Gasteiger partial charge in [-0.2, -0.15) is 8.78 Å². The van der Waals surface area contributed by atoms with Crippen molar-refractivity contribution < 1.29 is 22.3 Å². The number of alkyl halides is 2. The van der Waals surface area contributed by atoms with E-state index in [1.165, 1.54) is 6.07 Å². The second-order valence-electron chi connectivity index (χ2n) is 5.32. The van der Waals surface area contributed by atoms with Gasteiger partial charge in [0, 0.05) is 25.7 Å². The highest BCUT2D eigenvalue weighted by molar-refractivity contribution is 5.79. The van der Waals surface area contributed by atoms with Crippen molar-refractivity contribution in [2.24, 2.45) is 4.99 Å². The van der Waals surface area contributed by atoms with E-state index < -0.39 is 18.2 Å². The first-order valence-electron chi connectivity index (χ1n) is 7.90. The molecule has 0 aliphatic heterocycles. The van der Waals surface area contributed by atoms with Crippen molar-refractivity contribution in [2.45, 2.75) is 19.6 Å². The molecule has 0 aliphatic rings. The number of hydrogen-bond donors (Lipinski definition) is 2. The molecule has 0 heterocycles. The van der Waals surface area contributed by atoms with Crippen molar-refractivity contribution in [3.8, 4) is 5.75 Å². The molecule has 0 saturated carbocycles. The minimum absolute atomic E-state index is 0.0762. The summed E-state index contributed by atoms with van der Waals surface area (Å²) in [5, 5.41) is 5.91. The van der Waals surface area contributed by atoms with Crippen LogP contribution in [0.25, 0.3) is 0 Å². The number of guanidine groups is 1. The van der Waals surface area contributed by atoms with Gasteiger partial charge in [0.15, 0.2) is 5.96 Å². The Hall–Kier alpha value is -2.77. The molecule has 0 atom stereocenters. The van der Waals surface area contributed by atoms with Gasteiger partial charge in [0.1, 0.15) is 17.4 Å². The Balaban J connectivity index is 1.88. The van der Waals surface area contributed by atoms with Crippen molar-refractivity contribution in [1.82, 2.24) is 10.6 Å². The maximum atomic E-state index is 13.6. The van der Waals surface area contributed by atoms with Gasteiger partial charge < -0.3 is 15.4 Å². The van der Waals surface area contributed by atoms with Crippen molar-refractivity contribution in [1.29, 1.82) is 0 Å². The highest BCUT2D eigenvalue weighted by Crippen LogP contribution is 2.19. The number of halogens is 4. The third kappa shape index (κ3) is 5.94. The summed E-state index contributed by atoms with van der Waals surface area (Å²) in [6, 6.07) is 9.70. The predicted molar refractivity (Wildman–Crippen MR) is 91.3 cm³/mol. The Morgan fingerprint density at radius 1 is 1.08 bits per heavy atom. The monoisotopic (exact) mass is 369 g/mol. The van der Waals surface area contributed by atoms with Crippen molar-refractivity contribution in [3.05, 3.63) is 65.2 Å². The summed E-state index contributed by atoms with van der Waals surface area (Å²) in [5.74, 6) is -0.505. The fourth-order valence-electron chi connectivity index (χ4n) is 2.31. The van der Waals surface area contributed by atoms with E-state index in [9.17, 15) is 17.6 Å². The van der Waals surface area contributed by atoms with Crippen LogP contribution in [0.3, 0.4) is 0 Å². The van der Waals surface area contributed by atoms with Gasteiger partial charge in [0.05, 0.1) is 0 Å². The lowest BCUT2D eigenvalue weighted by molar-refractivity contribution is -0.0504. The molecular formula is C18H19F4N3O. The summed E-state index contributed by atoms with van der Waals surface area (Å²) >= 11 is 0. The largest absolute Gasteiger partial charge is 0.434 e. The SMILES string of the molecule is CN=C(NCCc1cc(F)ccc1F)NCc1ccccc1OC(F)F. The van der Waals surface area contributed by atoms with Crippen molar-refractivity contribution >= 4 is 5.96 Å². The van der Waals surface area contributed by atoms with Gasteiger partial charge >= 0.3 is 6.61 Å². The first kappa shape index (κ1) is 19.6. The number of ether oxygens (including phenoxy) is 1. The Bertz CT molecular complexity index is 753. The van der Waals surface area contributed by atoms with E-state index in [1.54, 1.807) is 25.2 Å². The molecule has 0 unspecified atom stereocenters. The number of nitrogens with zero attached hydrogens (tertiary/aromatic N) is 1. The number of aliphatic imine (C=N–C) groups is 1. The third-order valence-corrected chi connectivity index (χ3v) is 3.55. The molecule has 8 heteroatoms. The molecule has 26 heavy (non-hydrogen) atoms. The maximum Gasteiger partial charge on any atom is 0.387 e. The fourth-order valence-corrected chi connectivity index (χ4v) is 2.31. The molecule has 2 aromatic rings. The molecule has 4 nitrogen and oxygen atoms in total. The van der Waals surface area contributed by atoms with E-state index >= 15 is 0 Å². The van der Waals surface area contributed by atoms with Gasteiger partial charge in [-0.25, -0.2) is 8.78 Å².